The van der Waals surface area contributed by atoms with Crippen LogP contribution in [0, 0.1) is 23.3 Å². The molecule has 0 bridgehead atoms. The van der Waals surface area contributed by atoms with Gasteiger partial charge in [0, 0.05) is 0 Å². The molecule has 1 aromatic carbocycles. The van der Waals surface area contributed by atoms with Crippen LogP contribution in [0.3, 0.4) is 0 Å². The van der Waals surface area contributed by atoms with E-state index < -0.39 is 49.3 Å². The molecule has 2 aromatic rings. The molecule has 7 heteroatoms. The van der Waals surface area contributed by atoms with Crippen LogP contribution in [-0.4, -0.2) is 22.9 Å². The SMILES string of the molecule is Fc1c(F)c(F)c2n[se]nc2c1F. The van der Waals surface area contributed by atoms with Gasteiger partial charge in [-0.3, -0.25) is 0 Å². The van der Waals surface area contributed by atoms with E-state index in [0.29, 0.717) is 0 Å². The minimum atomic E-state index is -1.84. The predicted molar refractivity (Wildman–Crippen MR) is 36.3 cm³/mol. The Kier molecular flexibility index (Phi) is 1.85. The summed E-state index contributed by atoms with van der Waals surface area (Å²) in [5.41, 5.74) is -1.03. The fourth-order valence-corrected chi connectivity index (χ4v) is 2.00. The van der Waals surface area contributed by atoms with Crippen molar-refractivity contribution in [1.29, 1.82) is 0 Å². The van der Waals surface area contributed by atoms with Gasteiger partial charge in [0.15, 0.2) is 0 Å². The molecule has 0 saturated heterocycles. The van der Waals surface area contributed by atoms with Gasteiger partial charge in [-0.15, -0.1) is 0 Å². The van der Waals surface area contributed by atoms with Gasteiger partial charge in [-0.1, -0.05) is 0 Å². The molecule has 0 atom stereocenters. The van der Waals surface area contributed by atoms with E-state index in [-0.39, 0.29) is 0 Å². The molecule has 0 aliphatic carbocycles. The van der Waals surface area contributed by atoms with Crippen molar-refractivity contribution in [2.24, 2.45) is 0 Å². The van der Waals surface area contributed by atoms with Gasteiger partial charge in [0.1, 0.15) is 0 Å². The Bertz CT molecular complexity index is 439. The first kappa shape index (κ1) is 8.65. The molecule has 13 heavy (non-hydrogen) atoms. The molecule has 0 aliphatic heterocycles. The van der Waals surface area contributed by atoms with Crippen molar-refractivity contribution in [2.75, 3.05) is 0 Å². The average molecular weight is 255 g/mol. The van der Waals surface area contributed by atoms with Crippen molar-refractivity contribution in [3.05, 3.63) is 23.3 Å². The third kappa shape index (κ3) is 1.07. The van der Waals surface area contributed by atoms with Gasteiger partial charge in [0.2, 0.25) is 0 Å². The van der Waals surface area contributed by atoms with Crippen LogP contribution >= 0.6 is 0 Å². The zero-order valence-corrected chi connectivity index (χ0v) is 7.53. The number of hydrogen-bond donors (Lipinski definition) is 0. The molecular formula is C6F4N2Se. The van der Waals surface area contributed by atoms with Crippen molar-refractivity contribution in [2.45, 2.75) is 0 Å². The van der Waals surface area contributed by atoms with E-state index in [1.54, 1.807) is 0 Å². The Labute approximate surface area is 75.4 Å². The van der Waals surface area contributed by atoms with Crippen LogP contribution in [0.4, 0.5) is 17.6 Å². The molecular weight excluding hydrogens is 255 g/mol. The molecule has 1 aromatic heterocycles. The number of aromatic nitrogens is 2. The molecule has 0 fully saturated rings. The number of halogens is 4. The zero-order chi connectivity index (χ0) is 9.59. The third-order valence-corrected chi connectivity index (χ3v) is 2.59. The maximum absolute atomic E-state index is 12.8. The van der Waals surface area contributed by atoms with Gasteiger partial charge in [0.25, 0.3) is 0 Å². The molecule has 0 N–H and O–H groups in total. The van der Waals surface area contributed by atoms with Gasteiger partial charge in [-0.25, -0.2) is 0 Å². The Balaban J connectivity index is 3.02. The van der Waals surface area contributed by atoms with Crippen LogP contribution in [-0.2, 0) is 0 Å². The Hall–Kier alpha value is -0.941. The zero-order valence-electron chi connectivity index (χ0n) is 5.81. The van der Waals surface area contributed by atoms with Gasteiger partial charge < -0.3 is 0 Å². The molecule has 0 radical (unpaired) electrons. The fourth-order valence-electron chi connectivity index (χ4n) is 0.877. The average Bonchev–Trinajstić information content (AvgIpc) is 2.59. The summed E-state index contributed by atoms with van der Waals surface area (Å²) in [6.07, 6.45) is 0. The second-order valence-electron chi connectivity index (χ2n) is 2.22. The normalized spacial score (nSPS) is 11.1. The number of benzene rings is 1. The standard InChI is InChI=1S/C6F4N2Se/c7-1-2(8)4(10)6-5(3(1)9)11-13-12-6. The van der Waals surface area contributed by atoms with Gasteiger partial charge in [0.05, 0.1) is 0 Å². The van der Waals surface area contributed by atoms with Crippen LogP contribution in [0.5, 0.6) is 0 Å². The fraction of sp³-hybridized carbons (Fsp3) is 0. The van der Waals surface area contributed by atoms with Crippen LogP contribution in [0.1, 0.15) is 0 Å². The Morgan fingerprint density at radius 1 is 0.692 bits per heavy atom. The summed E-state index contributed by atoms with van der Waals surface area (Å²) < 4.78 is 57.6. The molecule has 0 unspecified atom stereocenters. The molecule has 1 heterocycles. The monoisotopic (exact) mass is 256 g/mol. The quantitative estimate of drug-likeness (QED) is 0.306. The van der Waals surface area contributed by atoms with Crippen molar-refractivity contribution < 1.29 is 17.6 Å². The van der Waals surface area contributed by atoms with E-state index in [1.165, 1.54) is 0 Å². The molecule has 2 rings (SSSR count). The van der Waals surface area contributed by atoms with E-state index in [9.17, 15) is 17.6 Å². The summed E-state index contributed by atoms with van der Waals surface area (Å²) in [6, 6.07) is 0. The van der Waals surface area contributed by atoms with E-state index in [4.69, 9.17) is 0 Å². The van der Waals surface area contributed by atoms with Crippen LogP contribution in [0.15, 0.2) is 0 Å². The molecule has 0 amide bonds. The molecule has 0 spiro atoms. The molecule has 0 saturated carbocycles. The molecule has 2 nitrogen and oxygen atoms in total. The van der Waals surface area contributed by atoms with Crippen LogP contribution < -0.4 is 0 Å². The molecule has 0 aliphatic rings. The summed E-state index contributed by atoms with van der Waals surface area (Å²) in [4.78, 5) is 0. The third-order valence-electron chi connectivity index (χ3n) is 1.48. The topological polar surface area (TPSA) is 25.8 Å². The first-order valence-electron chi connectivity index (χ1n) is 3.07. The first-order valence-corrected chi connectivity index (χ1v) is 4.60. The second kappa shape index (κ2) is 2.78. The maximum atomic E-state index is 12.8. The summed E-state index contributed by atoms with van der Waals surface area (Å²) in [5.74, 6) is -6.63. The second-order valence-corrected chi connectivity index (χ2v) is 3.33. The Morgan fingerprint density at radius 2 is 1.08 bits per heavy atom. The summed E-state index contributed by atoms with van der Waals surface area (Å²) >= 11 is -0.718. The minimum absolute atomic E-state index is 0.517. The number of fused-ring (bicyclic) bond motifs is 1. The first-order chi connectivity index (χ1) is 6.13. The van der Waals surface area contributed by atoms with Gasteiger partial charge >= 0.3 is 74.8 Å². The van der Waals surface area contributed by atoms with Crippen molar-refractivity contribution in [1.82, 2.24) is 7.96 Å². The van der Waals surface area contributed by atoms with Crippen LogP contribution in [0.25, 0.3) is 11.0 Å². The van der Waals surface area contributed by atoms with Crippen LogP contribution in [0.2, 0.25) is 0 Å². The predicted octanol–water partition coefficient (Wildman–Crippen LogP) is 1.24. The van der Waals surface area contributed by atoms with Crippen molar-refractivity contribution in [3.63, 3.8) is 0 Å². The number of nitrogens with zero attached hydrogens (tertiary/aromatic N) is 2. The van der Waals surface area contributed by atoms with E-state index in [0.717, 1.165) is 0 Å². The van der Waals surface area contributed by atoms with E-state index in [1.807, 2.05) is 0 Å². The summed E-state index contributed by atoms with van der Waals surface area (Å²) in [5, 5.41) is 0. The van der Waals surface area contributed by atoms with E-state index >= 15 is 0 Å². The Morgan fingerprint density at radius 3 is 1.46 bits per heavy atom. The summed E-state index contributed by atoms with van der Waals surface area (Å²) in [7, 11) is 0. The van der Waals surface area contributed by atoms with E-state index in [2.05, 4.69) is 7.96 Å². The van der Waals surface area contributed by atoms with Gasteiger partial charge in [-0.2, -0.15) is 0 Å². The number of hydrogen-bond acceptors (Lipinski definition) is 2. The summed E-state index contributed by atoms with van der Waals surface area (Å²) in [6.45, 7) is 0. The van der Waals surface area contributed by atoms with Crippen molar-refractivity contribution in [3.8, 4) is 0 Å². The van der Waals surface area contributed by atoms with Gasteiger partial charge in [-0.05, 0) is 0 Å². The number of rotatable bonds is 0. The van der Waals surface area contributed by atoms with Crippen molar-refractivity contribution >= 4 is 26.0 Å². The molecule has 68 valence electrons.